The molecule has 0 bridgehead atoms. The van der Waals surface area contributed by atoms with Crippen molar-refractivity contribution in [2.45, 2.75) is 16.8 Å². The van der Waals surface area contributed by atoms with E-state index in [-0.39, 0.29) is 0 Å². The first-order valence-electron chi connectivity index (χ1n) is 3.99. The summed E-state index contributed by atoms with van der Waals surface area (Å²) in [5.74, 6) is -0.411. The average molecular weight is 228 g/mol. The predicted molar refractivity (Wildman–Crippen MR) is 61.1 cm³/mol. The van der Waals surface area contributed by atoms with Crippen LogP contribution in [0, 0.1) is 6.92 Å². The van der Waals surface area contributed by atoms with E-state index in [1.807, 2.05) is 25.5 Å². The topological polar surface area (TPSA) is 56.0 Å². The first-order valence-corrected chi connectivity index (χ1v) is 6.44. The lowest BCUT2D eigenvalue weighted by Gasteiger charge is -2.08. The minimum Gasteiger partial charge on any atom is -0.365 e. The van der Waals surface area contributed by atoms with Gasteiger partial charge in [0, 0.05) is 10.6 Å². The Bertz CT molecular complexity index is 341. The number of hydrogen-bond donors (Lipinski definition) is 1. The summed E-state index contributed by atoms with van der Waals surface area (Å²) in [4.78, 5) is 16.4. The number of pyridine rings is 1. The van der Waals surface area contributed by atoms with Gasteiger partial charge in [-0.3, -0.25) is 4.79 Å². The Kier molecular flexibility index (Phi) is 3.83. The molecular weight excluding hydrogens is 216 g/mol. The van der Waals surface area contributed by atoms with E-state index in [9.17, 15) is 4.79 Å². The summed E-state index contributed by atoms with van der Waals surface area (Å²) in [5.41, 5.74) is 6.75. The van der Waals surface area contributed by atoms with Crippen LogP contribution >= 0.6 is 23.5 Å². The molecule has 0 atom stereocenters. The molecule has 0 saturated carbocycles. The highest BCUT2D eigenvalue weighted by atomic mass is 32.2. The zero-order valence-corrected chi connectivity index (χ0v) is 9.96. The molecule has 0 unspecified atom stereocenters. The van der Waals surface area contributed by atoms with Crippen molar-refractivity contribution in [2.75, 3.05) is 12.5 Å². The Morgan fingerprint density at radius 2 is 2.07 bits per heavy atom. The van der Waals surface area contributed by atoms with Gasteiger partial charge in [-0.15, -0.1) is 23.5 Å². The number of primary amides is 1. The largest absolute Gasteiger partial charge is 0.365 e. The number of aryl methyl sites for hydroxylation is 1. The smallest absolute Gasteiger partial charge is 0.252 e. The Balaban J connectivity index is 3.40. The van der Waals surface area contributed by atoms with Gasteiger partial charge in [-0.1, -0.05) is 0 Å². The number of carbonyl (C=O) groups excluding carboxylic acids is 1. The normalized spacial score (nSPS) is 10.2. The fraction of sp³-hybridized carbons (Fsp3) is 0.333. The van der Waals surface area contributed by atoms with E-state index in [1.54, 1.807) is 0 Å². The lowest BCUT2D eigenvalue weighted by Crippen LogP contribution is -2.14. The van der Waals surface area contributed by atoms with E-state index in [2.05, 4.69) is 4.98 Å². The Labute approximate surface area is 91.9 Å². The molecule has 0 spiro atoms. The van der Waals surface area contributed by atoms with E-state index in [0.29, 0.717) is 10.6 Å². The lowest BCUT2D eigenvalue weighted by atomic mass is 10.2. The molecular formula is C9H12N2OS2. The van der Waals surface area contributed by atoms with Gasteiger partial charge in [0.2, 0.25) is 0 Å². The molecule has 0 fully saturated rings. The fourth-order valence-corrected chi connectivity index (χ4v) is 2.56. The van der Waals surface area contributed by atoms with Gasteiger partial charge in [0.15, 0.2) is 0 Å². The first-order chi connectivity index (χ1) is 6.60. The average Bonchev–Trinajstić information content (AvgIpc) is 2.15. The van der Waals surface area contributed by atoms with Crippen LogP contribution < -0.4 is 5.73 Å². The third-order valence-corrected chi connectivity index (χ3v) is 3.18. The number of hydrogen-bond acceptors (Lipinski definition) is 4. The van der Waals surface area contributed by atoms with Crippen molar-refractivity contribution < 1.29 is 4.79 Å². The molecule has 1 aromatic heterocycles. The van der Waals surface area contributed by atoms with Crippen LogP contribution in [0.25, 0.3) is 0 Å². The minimum atomic E-state index is -0.411. The summed E-state index contributed by atoms with van der Waals surface area (Å²) in [7, 11) is 0. The molecule has 0 aliphatic rings. The number of nitrogens with two attached hydrogens (primary N) is 1. The summed E-state index contributed by atoms with van der Waals surface area (Å²) in [6.07, 6.45) is 3.81. The van der Waals surface area contributed by atoms with Crippen molar-refractivity contribution in [2.24, 2.45) is 5.73 Å². The van der Waals surface area contributed by atoms with E-state index < -0.39 is 5.91 Å². The van der Waals surface area contributed by atoms with Crippen LogP contribution in [0.5, 0.6) is 0 Å². The zero-order valence-electron chi connectivity index (χ0n) is 8.33. The summed E-state index contributed by atoms with van der Waals surface area (Å²) in [6.45, 7) is 1.91. The van der Waals surface area contributed by atoms with Gasteiger partial charge in [-0.25, -0.2) is 4.98 Å². The number of amides is 1. The van der Waals surface area contributed by atoms with Gasteiger partial charge < -0.3 is 5.73 Å². The lowest BCUT2D eigenvalue weighted by molar-refractivity contribution is 0.0994. The molecule has 0 radical (unpaired) electrons. The highest BCUT2D eigenvalue weighted by molar-refractivity contribution is 7.99. The molecule has 1 amide bonds. The van der Waals surface area contributed by atoms with Crippen LogP contribution in [-0.4, -0.2) is 23.4 Å². The second-order valence-corrected chi connectivity index (χ2v) is 4.36. The number of thioether (sulfide) groups is 2. The van der Waals surface area contributed by atoms with Crippen LogP contribution in [0.15, 0.2) is 16.0 Å². The van der Waals surface area contributed by atoms with Crippen molar-refractivity contribution in [1.29, 1.82) is 0 Å². The van der Waals surface area contributed by atoms with Crippen molar-refractivity contribution >= 4 is 29.4 Å². The van der Waals surface area contributed by atoms with Crippen LogP contribution in [0.3, 0.4) is 0 Å². The number of carbonyl (C=O) groups is 1. The predicted octanol–water partition coefficient (Wildman–Crippen LogP) is 1.93. The summed E-state index contributed by atoms with van der Waals surface area (Å²) >= 11 is 2.96. The van der Waals surface area contributed by atoms with Gasteiger partial charge >= 0.3 is 0 Å². The number of rotatable bonds is 3. The highest BCUT2D eigenvalue weighted by Crippen LogP contribution is 2.27. The van der Waals surface area contributed by atoms with Gasteiger partial charge in [-0.05, 0) is 25.5 Å². The van der Waals surface area contributed by atoms with E-state index in [4.69, 9.17) is 5.73 Å². The van der Waals surface area contributed by atoms with Crippen LogP contribution in [-0.2, 0) is 0 Å². The van der Waals surface area contributed by atoms with Crippen molar-refractivity contribution in [1.82, 2.24) is 4.98 Å². The molecule has 76 valence electrons. The van der Waals surface area contributed by atoms with Crippen LogP contribution in [0.4, 0.5) is 0 Å². The van der Waals surface area contributed by atoms with Crippen molar-refractivity contribution in [3.8, 4) is 0 Å². The quantitative estimate of drug-likeness (QED) is 0.803. The van der Waals surface area contributed by atoms with Gasteiger partial charge in [-0.2, -0.15) is 0 Å². The molecule has 0 aliphatic carbocycles. The standard InChI is InChI=1S/C9H12N2OS2/c1-5-4-6(13-2)7(8(10)12)9(11-5)14-3/h4H,1-3H3,(H2,10,12). The Morgan fingerprint density at radius 3 is 2.50 bits per heavy atom. The molecule has 2 N–H and O–H groups in total. The Morgan fingerprint density at radius 1 is 1.43 bits per heavy atom. The van der Waals surface area contributed by atoms with Crippen molar-refractivity contribution in [3.05, 3.63) is 17.3 Å². The molecule has 3 nitrogen and oxygen atoms in total. The maximum atomic E-state index is 11.2. The summed E-state index contributed by atoms with van der Waals surface area (Å²) < 4.78 is 0. The fourth-order valence-electron chi connectivity index (χ4n) is 1.15. The minimum absolute atomic E-state index is 0.411. The molecule has 5 heteroatoms. The van der Waals surface area contributed by atoms with Crippen LogP contribution in [0.2, 0.25) is 0 Å². The molecule has 1 heterocycles. The summed E-state index contributed by atoms with van der Waals surface area (Å²) in [6, 6.07) is 1.88. The molecule has 0 aliphatic heterocycles. The van der Waals surface area contributed by atoms with Gasteiger partial charge in [0.25, 0.3) is 5.91 Å². The molecule has 14 heavy (non-hydrogen) atoms. The van der Waals surface area contributed by atoms with Crippen LogP contribution in [0.1, 0.15) is 16.1 Å². The SMILES string of the molecule is CSc1cc(C)nc(SC)c1C(N)=O. The zero-order chi connectivity index (χ0) is 10.7. The van der Waals surface area contributed by atoms with E-state index >= 15 is 0 Å². The molecule has 1 rings (SSSR count). The second-order valence-electron chi connectivity index (χ2n) is 2.71. The number of nitrogens with zero attached hydrogens (tertiary/aromatic N) is 1. The third kappa shape index (κ3) is 2.22. The molecule has 1 aromatic rings. The van der Waals surface area contributed by atoms with E-state index in [1.165, 1.54) is 23.5 Å². The summed E-state index contributed by atoms with van der Waals surface area (Å²) in [5, 5.41) is 0.710. The number of aromatic nitrogens is 1. The van der Waals surface area contributed by atoms with Gasteiger partial charge in [0.05, 0.1) is 5.56 Å². The molecule has 0 aromatic carbocycles. The highest BCUT2D eigenvalue weighted by Gasteiger charge is 2.14. The third-order valence-electron chi connectivity index (χ3n) is 1.74. The second kappa shape index (κ2) is 4.70. The maximum Gasteiger partial charge on any atom is 0.252 e. The monoisotopic (exact) mass is 228 g/mol. The maximum absolute atomic E-state index is 11.2. The molecule has 0 saturated heterocycles. The van der Waals surface area contributed by atoms with Gasteiger partial charge in [0.1, 0.15) is 5.03 Å². The van der Waals surface area contributed by atoms with Crippen molar-refractivity contribution in [3.63, 3.8) is 0 Å². The Hall–Kier alpha value is -0.680. The van der Waals surface area contributed by atoms with E-state index in [0.717, 1.165) is 10.6 Å². The first kappa shape index (κ1) is 11.4.